The second-order valence-electron chi connectivity index (χ2n) is 35.0. The number of hydrogen-bond donors (Lipinski definition) is 21. The van der Waals surface area contributed by atoms with Crippen LogP contribution in [0.2, 0.25) is 0 Å². The van der Waals surface area contributed by atoms with Crippen molar-refractivity contribution in [3.63, 3.8) is 0 Å². The highest BCUT2D eigenvalue weighted by Crippen LogP contribution is 2.31. The molecule has 1 fully saturated rings. The highest BCUT2D eigenvalue weighted by atomic mass is 16.6. The zero-order valence-corrected chi connectivity index (χ0v) is 79.7. The molecule has 5 heterocycles. The second-order valence-corrected chi connectivity index (χ2v) is 35.0. The fourth-order valence-electron chi connectivity index (χ4n) is 16.5. The second kappa shape index (κ2) is 60.3. The molecule has 4 amide bonds. The van der Waals surface area contributed by atoms with Crippen molar-refractivity contribution in [3.8, 4) is 0 Å². The van der Waals surface area contributed by atoms with Crippen molar-refractivity contribution in [2.24, 2.45) is 0 Å². The molecule has 21 N–H and O–H groups in total. The third-order valence-corrected chi connectivity index (χ3v) is 23.9. The predicted molar refractivity (Wildman–Crippen MR) is 509 cm³/mol. The third kappa shape index (κ3) is 40.6. The van der Waals surface area contributed by atoms with Gasteiger partial charge in [-0.15, -0.1) is 0 Å². The number of benzene rings is 4. The number of aliphatic carboxylic acids is 7. The average molecular weight is 1990 g/mol. The summed E-state index contributed by atoms with van der Waals surface area (Å²) in [4.78, 5) is 168. The Hall–Kier alpha value is -11.2. The maximum atomic E-state index is 14.4. The van der Waals surface area contributed by atoms with Crippen LogP contribution in [0.3, 0.4) is 0 Å². The number of para-hydroxylation sites is 4. The molecule has 1 unspecified atom stereocenters. The number of amides is 4. The average Bonchev–Trinajstić information content (AvgIpc) is 2.12. The maximum absolute atomic E-state index is 14.4. The first-order valence-corrected chi connectivity index (χ1v) is 47.5. The van der Waals surface area contributed by atoms with E-state index in [2.05, 4.69) is 57.2 Å². The van der Waals surface area contributed by atoms with Crippen LogP contribution >= 0.6 is 0 Å². The summed E-state index contributed by atoms with van der Waals surface area (Å²) in [6.07, 6.45) is -8.77. The maximum Gasteiger partial charge on any atom is 0.317 e. The number of anilines is 2. The number of imidazole rings is 2. The third-order valence-electron chi connectivity index (χ3n) is 23.9. The van der Waals surface area contributed by atoms with E-state index < -0.39 is 160 Å². The normalized spacial score (nSPS) is 17.6. The molecule has 141 heavy (non-hydrogen) atoms. The molecule has 48 heteroatoms. The number of carbonyl (C=O) groups is 11. The predicted octanol–water partition coefficient (Wildman–Crippen LogP) is -0.830. The lowest BCUT2D eigenvalue weighted by atomic mass is 10.0. The number of H-pyrrole nitrogens is 2. The number of aromatic amines is 2. The lowest BCUT2D eigenvalue weighted by molar-refractivity contribution is -0.141. The number of carbonyl (C=O) groups excluding carboxylic acids is 4. The standard InChI is InChI=1S/C93H139N19O29/c1-105(55-76-98-67-11-3-4-12-68(67)99-76)90(132)61-15-17-65-63(49-61)53-111(92(134)74(96-65)51-82(119)120)27-9-39-138-43-47-140-45-41-136-37-7-25-94-78(113)22-19-71(103-89(131)73(21-24-81(117)118)104-88(130)72(20-23-80(115)116)102-79(114)57-107-29-31-108(58-84(123)124)33-35-110(60-86(127)128)36-34-109(32-30-107)59-85(125)126)87(129)95-26-8-38-137-42-46-141-48-44-139-40-10-28-112-54-64-50-62(16-18-66(64)97-75(93(112)135)52-83(121)122)91(133)106(2)56-77-100-69-13-5-6-14-70(69)101-77/h3-6,11-18,49-50,71-75,78-79,87,89,92,94-97,102-103,113-114,129,131,134H,7-10,19-48,51-60H2,1-2H3,(H,98,99)(H,100,101)(H,104,130)(H,115,116)(H,117,118)(H,119,120)(H,121,122)(H,123,124)(H,125,126)(H,127,128)/t71-,72?,73-,74-,75-,78-,79-,87+,89-,92-/m0/s1. The van der Waals surface area contributed by atoms with Gasteiger partial charge in [0, 0.05) is 167 Å². The van der Waals surface area contributed by atoms with E-state index in [-0.39, 0.29) is 215 Å². The van der Waals surface area contributed by atoms with Gasteiger partial charge in [-0.2, -0.15) is 0 Å². The molecule has 0 saturated carbocycles. The molecule has 9 rings (SSSR count). The van der Waals surface area contributed by atoms with Crippen LogP contribution in [0.25, 0.3) is 22.1 Å². The number of fused-ring (bicyclic) bond motifs is 4. The largest absolute Gasteiger partial charge is 0.481 e. The highest BCUT2D eigenvalue weighted by Gasteiger charge is 2.37. The Morgan fingerprint density at radius 2 is 0.908 bits per heavy atom. The van der Waals surface area contributed by atoms with Gasteiger partial charge in [0.25, 0.3) is 11.8 Å². The van der Waals surface area contributed by atoms with Crippen LogP contribution in [-0.2, 0) is 97.8 Å². The summed E-state index contributed by atoms with van der Waals surface area (Å²) in [6.45, 7) is 3.58. The first-order chi connectivity index (χ1) is 67.7. The lowest BCUT2D eigenvalue weighted by Crippen LogP contribution is -2.60. The molecular formula is C93H139N19O29. The topological polar surface area (TPSA) is 653 Å². The molecule has 3 aliphatic rings. The number of β-amino-alcohol motifs (C(OH)–C–C–N with tert-alkyl or cyclic N) is 1. The van der Waals surface area contributed by atoms with Gasteiger partial charge < -0.3 is 130 Å². The molecule has 0 radical (unpaired) electrons. The van der Waals surface area contributed by atoms with Gasteiger partial charge in [-0.3, -0.25) is 98.5 Å². The fourth-order valence-corrected chi connectivity index (χ4v) is 16.5. The number of rotatable bonds is 65. The Labute approximate surface area is 815 Å². The monoisotopic (exact) mass is 1990 g/mol. The number of aromatic nitrogens is 4. The van der Waals surface area contributed by atoms with Crippen molar-refractivity contribution < 1.29 is 142 Å². The van der Waals surface area contributed by atoms with E-state index in [4.69, 9.17) is 28.4 Å². The number of nitrogens with one attached hydrogen (secondary N) is 9. The molecule has 0 spiro atoms. The summed E-state index contributed by atoms with van der Waals surface area (Å²) in [5.41, 5.74) is 6.48. The van der Waals surface area contributed by atoms with Gasteiger partial charge >= 0.3 is 41.8 Å². The molecule has 48 nitrogen and oxygen atoms in total. The number of nitrogens with zero attached hydrogens (tertiary/aromatic N) is 10. The number of ether oxygens (including phenoxy) is 6. The van der Waals surface area contributed by atoms with Crippen LogP contribution < -0.4 is 37.2 Å². The molecule has 0 bridgehead atoms. The number of aliphatic hydroxyl groups excluding tert-OH is 5. The van der Waals surface area contributed by atoms with Crippen LogP contribution in [0, 0.1) is 0 Å². The Morgan fingerprint density at radius 3 is 1.39 bits per heavy atom. The van der Waals surface area contributed by atoms with Crippen molar-refractivity contribution in [2.75, 3.05) is 209 Å². The molecule has 3 aliphatic heterocycles. The number of carboxylic acid groups (broad SMARTS) is 7. The van der Waals surface area contributed by atoms with Crippen molar-refractivity contribution in [2.45, 2.75) is 165 Å². The summed E-state index contributed by atoms with van der Waals surface area (Å²) in [5, 5.41) is 147. The SMILES string of the molecule is CN(Cc1nc2ccccc2[nH]1)C(=O)c1ccc2c(c1)CN(CCCOCCOCCOCCCN[C@H](O)[C@H](CC[C@H](O)NCCCOCCOCCOCCCN1Cc3cc(C(=O)N(C)Cc4nc5ccccc5[nH]4)ccc3N[C@@H](CC(=O)O)[C@@H]1O)N[C@@H](O)[C@H](CCC(=O)O)NC(=O)C(CCC(=O)O)N[C@@H](O)CN1CCN(CC(=O)O)CCN(CC(=O)O)CCN(CC(=O)O)CC1)C(=O)[C@H](CC(=O)O)N2. The smallest absolute Gasteiger partial charge is 0.317 e. The van der Waals surface area contributed by atoms with Crippen molar-refractivity contribution in [1.29, 1.82) is 0 Å². The van der Waals surface area contributed by atoms with E-state index in [1.807, 2.05) is 48.5 Å². The number of aliphatic hydroxyl groups is 5. The van der Waals surface area contributed by atoms with Crippen molar-refractivity contribution in [3.05, 3.63) is 119 Å². The summed E-state index contributed by atoms with van der Waals surface area (Å²) in [6, 6.07) is 19.1. The highest BCUT2D eigenvalue weighted by molar-refractivity contribution is 5.96. The molecule has 1 saturated heterocycles. The fraction of sp³-hybridized carbons (Fsp3) is 0.602. The minimum Gasteiger partial charge on any atom is -0.481 e. The van der Waals surface area contributed by atoms with E-state index >= 15 is 0 Å². The van der Waals surface area contributed by atoms with Crippen molar-refractivity contribution >= 4 is 98.9 Å². The van der Waals surface area contributed by atoms with Gasteiger partial charge in [0.05, 0.1) is 139 Å². The Morgan fingerprint density at radius 1 is 0.461 bits per heavy atom. The molecule has 10 atom stereocenters. The minimum atomic E-state index is -1.84. The van der Waals surface area contributed by atoms with Gasteiger partial charge in [-0.1, -0.05) is 24.3 Å². The first kappa shape index (κ1) is 113. The zero-order valence-electron chi connectivity index (χ0n) is 79.7. The number of carboxylic acids is 7. The van der Waals surface area contributed by atoms with Gasteiger partial charge in [0.2, 0.25) is 11.8 Å². The van der Waals surface area contributed by atoms with Gasteiger partial charge in [0.1, 0.15) is 48.8 Å². The molecule has 0 aliphatic carbocycles. The zero-order chi connectivity index (χ0) is 102. The van der Waals surface area contributed by atoms with Crippen LogP contribution in [0.4, 0.5) is 11.4 Å². The lowest BCUT2D eigenvalue weighted by Gasteiger charge is -2.34. The molecule has 2 aromatic heterocycles. The number of hydrogen-bond acceptors (Lipinski definition) is 35. The van der Waals surface area contributed by atoms with Gasteiger partial charge in [-0.05, 0) is 136 Å². The summed E-state index contributed by atoms with van der Waals surface area (Å²) in [5.74, 6) is -9.10. The summed E-state index contributed by atoms with van der Waals surface area (Å²) in [7, 11) is 3.34. The van der Waals surface area contributed by atoms with Crippen LogP contribution in [0.1, 0.15) is 121 Å². The van der Waals surface area contributed by atoms with Gasteiger partial charge in [-0.25, -0.2) is 9.97 Å². The minimum absolute atomic E-state index is 0.0487. The summed E-state index contributed by atoms with van der Waals surface area (Å²) < 4.78 is 34.7. The van der Waals surface area contributed by atoms with Crippen LogP contribution in [0.15, 0.2) is 84.9 Å². The van der Waals surface area contributed by atoms with Crippen LogP contribution in [-0.4, -0.2) is 445 Å². The molecule has 4 aromatic carbocycles. The van der Waals surface area contributed by atoms with E-state index in [1.165, 1.54) is 4.90 Å². The summed E-state index contributed by atoms with van der Waals surface area (Å²) >= 11 is 0. The Kier molecular flexibility index (Phi) is 48.5. The molecule has 6 aromatic rings. The van der Waals surface area contributed by atoms with E-state index in [0.29, 0.717) is 84.1 Å². The quantitative estimate of drug-likeness (QED) is 0.0164. The first-order valence-electron chi connectivity index (χ1n) is 47.5. The van der Waals surface area contributed by atoms with Crippen molar-refractivity contribution in [1.82, 2.24) is 85.7 Å². The van der Waals surface area contributed by atoms with E-state index in [1.54, 1.807) is 84.8 Å². The van der Waals surface area contributed by atoms with Crippen LogP contribution in [0.5, 0.6) is 0 Å². The van der Waals surface area contributed by atoms with E-state index in [9.17, 15) is 114 Å². The molecule has 780 valence electrons. The van der Waals surface area contributed by atoms with Gasteiger partial charge in [0.15, 0.2) is 0 Å². The Bertz CT molecular complexity index is 4850. The Balaban J connectivity index is 0.724. The van der Waals surface area contributed by atoms with E-state index in [0.717, 1.165) is 22.1 Å². The molecular weight excluding hydrogens is 1850 g/mol.